The summed E-state index contributed by atoms with van der Waals surface area (Å²) >= 11 is 0. The molecule has 1 N–H and O–H groups in total. The molecule has 0 bridgehead atoms. The van der Waals surface area contributed by atoms with Crippen molar-refractivity contribution in [2.45, 2.75) is 29.3 Å². The third kappa shape index (κ3) is 3.36. The number of aliphatic hydroxyl groups excluding tert-OH is 1. The lowest BCUT2D eigenvalue weighted by molar-refractivity contribution is -0.0437. The fraction of sp³-hybridized carbons (Fsp3) is 0.235. The van der Waals surface area contributed by atoms with Crippen molar-refractivity contribution in [3.63, 3.8) is 0 Å². The van der Waals surface area contributed by atoms with Crippen LogP contribution in [0.4, 0.5) is 23.2 Å². The van der Waals surface area contributed by atoms with Gasteiger partial charge in [-0.2, -0.15) is 13.2 Å². The van der Waals surface area contributed by atoms with Crippen molar-refractivity contribution in [3.05, 3.63) is 58.7 Å². The van der Waals surface area contributed by atoms with Gasteiger partial charge in [0.2, 0.25) is 0 Å². The van der Waals surface area contributed by atoms with Gasteiger partial charge in [0.05, 0.1) is 17.6 Å². The van der Waals surface area contributed by atoms with E-state index in [9.17, 15) is 31.1 Å². The highest BCUT2D eigenvalue weighted by molar-refractivity contribution is 7.92. The molecule has 3 rings (SSSR count). The SMILES string of the molecule is [C-]#[N+]c1cc(F)cc(Oc2ccc(S(=O)(=O)C(F)(F)F)c3c2CC[C@H]3O)c1. The number of rotatable bonds is 3. The van der Waals surface area contributed by atoms with Crippen LogP contribution >= 0.6 is 0 Å². The van der Waals surface area contributed by atoms with Gasteiger partial charge in [-0.15, -0.1) is 0 Å². The number of fused-ring (bicyclic) bond motifs is 1. The molecule has 27 heavy (non-hydrogen) atoms. The summed E-state index contributed by atoms with van der Waals surface area (Å²) in [6, 6.07) is 4.92. The summed E-state index contributed by atoms with van der Waals surface area (Å²) in [6.07, 6.45) is -1.30. The maximum absolute atomic E-state index is 13.5. The predicted octanol–water partition coefficient (Wildman–Crippen LogP) is 4.44. The van der Waals surface area contributed by atoms with E-state index in [1.165, 1.54) is 6.07 Å². The lowest BCUT2D eigenvalue weighted by Crippen LogP contribution is -2.24. The maximum atomic E-state index is 13.5. The lowest BCUT2D eigenvalue weighted by atomic mass is 10.1. The highest BCUT2D eigenvalue weighted by atomic mass is 32.2. The zero-order valence-electron chi connectivity index (χ0n) is 13.4. The van der Waals surface area contributed by atoms with Gasteiger partial charge in [-0.05, 0) is 37.1 Å². The number of hydrogen-bond donors (Lipinski definition) is 1. The van der Waals surface area contributed by atoms with Gasteiger partial charge in [-0.25, -0.2) is 17.7 Å². The minimum Gasteiger partial charge on any atom is -0.458 e. The molecule has 0 amide bonds. The van der Waals surface area contributed by atoms with E-state index in [2.05, 4.69) is 4.85 Å². The molecule has 0 saturated heterocycles. The Kier molecular flexibility index (Phi) is 4.61. The molecule has 5 nitrogen and oxygen atoms in total. The van der Waals surface area contributed by atoms with Gasteiger partial charge in [-0.3, -0.25) is 0 Å². The third-order valence-electron chi connectivity index (χ3n) is 4.08. The number of ether oxygens (including phenoxy) is 1. The molecule has 0 saturated carbocycles. The number of alkyl halides is 3. The van der Waals surface area contributed by atoms with E-state index >= 15 is 0 Å². The van der Waals surface area contributed by atoms with Gasteiger partial charge in [-0.1, -0.05) is 0 Å². The molecular weight excluding hydrogens is 390 g/mol. The third-order valence-corrected chi connectivity index (χ3v) is 5.63. The van der Waals surface area contributed by atoms with Crippen LogP contribution < -0.4 is 4.74 Å². The molecule has 0 spiro atoms. The van der Waals surface area contributed by atoms with Crippen molar-refractivity contribution >= 4 is 15.5 Å². The molecule has 0 aliphatic heterocycles. The Morgan fingerprint density at radius 1 is 1.22 bits per heavy atom. The lowest BCUT2D eigenvalue weighted by Gasteiger charge is -2.17. The summed E-state index contributed by atoms with van der Waals surface area (Å²) in [5, 5.41) is 10.0. The van der Waals surface area contributed by atoms with Crippen molar-refractivity contribution in [2.24, 2.45) is 0 Å². The van der Waals surface area contributed by atoms with Crippen LogP contribution in [0, 0.1) is 12.4 Å². The predicted molar refractivity (Wildman–Crippen MR) is 85.7 cm³/mol. The van der Waals surface area contributed by atoms with E-state index in [-0.39, 0.29) is 41.2 Å². The monoisotopic (exact) mass is 401 g/mol. The fourth-order valence-electron chi connectivity index (χ4n) is 2.92. The van der Waals surface area contributed by atoms with Crippen LogP contribution in [0.1, 0.15) is 23.7 Å². The molecule has 0 unspecified atom stereocenters. The Labute approximate surface area is 151 Å². The normalized spacial score (nSPS) is 16.7. The molecule has 10 heteroatoms. The molecule has 0 radical (unpaired) electrons. The summed E-state index contributed by atoms with van der Waals surface area (Å²) in [5.74, 6) is -0.827. The van der Waals surface area contributed by atoms with Crippen molar-refractivity contribution < 1.29 is 35.8 Å². The first kappa shape index (κ1) is 19.1. The molecule has 1 aliphatic carbocycles. The van der Waals surface area contributed by atoms with E-state index in [0.717, 1.165) is 18.2 Å². The molecule has 2 aromatic carbocycles. The Morgan fingerprint density at radius 2 is 1.93 bits per heavy atom. The van der Waals surface area contributed by atoms with Gasteiger partial charge in [0.25, 0.3) is 9.84 Å². The van der Waals surface area contributed by atoms with Gasteiger partial charge >= 0.3 is 5.51 Å². The number of hydrogen-bond acceptors (Lipinski definition) is 4. The van der Waals surface area contributed by atoms with Crippen LogP contribution in [0.5, 0.6) is 11.5 Å². The number of aliphatic hydroxyl groups is 1. The van der Waals surface area contributed by atoms with Crippen molar-refractivity contribution in [2.75, 3.05) is 0 Å². The van der Waals surface area contributed by atoms with Gasteiger partial charge in [0.1, 0.15) is 17.3 Å². The van der Waals surface area contributed by atoms with Crippen LogP contribution in [-0.2, 0) is 16.3 Å². The average molecular weight is 401 g/mol. The Morgan fingerprint density at radius 3 is 2.56 bits per heavy atom. The van der Waals surface area contributed by atoms with E-state index < -0.39 is 32.2 Å². The zero-order chi connectivity index (χ0) is 20.0. The number of nitrogens with zero attached hydrogens (tertiary/aromatic N) is 1. The van der Waals surface area contributed by atoms with Gasteiger partial charge < -0.3 is 9.84 Å². The van der Waals surface area contributed by atoms with Crippen LogP contribution in [0.25, 0.3) is 4.85 Å². The van der Waals surface area contributed by atoms with Gasteiger partial charge in [0, 0.05) is 17.2 Å². The van der Waals surface area contributed by atoms with E-state index in [0.29, 0.717) is 6.07 Å². The molecule has 1 aliphatic rings. The zero-order valence-corrected chi connectivity index (χ0v) is 14.2. The van der Waals surface area contributed by atoms with E-state index in [1.54, 1.807) is 0 Å². The summed E-state index contributed by atoms with van der Waals surface area (Å²) in [5.41, 5.74) is -5.83. The first-order chi connectivity index (χ1) is 12.5. The number of benzene rings is 2. The summed E-state index contributed by atoms with van der Waals surface area (Å²) in [6.45, 7) is 6.92. The van der Waals surface area contributed by atoms with E-state index in [4.69, 9.17) is 11.3 Å². The largest absolute Gasteiger partial charge is 0.501 e. The molecule has 0 fully saturated rings. The Bertz CT molecular complexity index is 1060. The molecule has 142 valence electrons. The van der Waals surface area contributed by atoms with Crippen LogP contribution in [0.3, 0.4) is 0 Å². The highest BCUT2D eigenvalue weighted by Crippen LogP contribution is 2.45. The molecule has 0 heterocycles. The second-order valence-corrected chi connectivity index (χ2v) is 7.73. The van der Waals surface area contributed by atoms with Crippen LogP contribution in [0.2, 0.25) is 0 Å². The van der Waals surface area contributed by atoms with Gasteiger partial charge in [0.15, 0.2) is 5.69 Å². The topological polar surface area (TPSA) is 68.0 Å². The number of halogens is 4. The van der Waals surface area contributed by atoms with Crippen molar-refractivity contribution in [1.82, 2.24) is 0 Å². The maximum Gasteiger partial charge on any atom is 0.501 e. The molecular formula is C17H11F4NO4S. The standard InChI is InChI=1S/C17H11F4NO4S/c1-22-10-6-9(18)7-11(8-10)26-14-4-5-15(27(24,25)17(19,20)21)16-12(14)2-3-13(16)23/h4-8,13,23H,2-3H2/t13-/m1/s1. The second kappa shape index (κ2) is 6.51. The second-order valence-electron chi connectivity index (χ2n) is 5.82. The van der Waals surface area contributed by atoms with Crippen LogP contribution in [0.15, 0.2) is 35.2 Å². The molecule has 0 aromatic heterocycles. The van der Waals surface area contributed by atoms with Crippen molar-refractivity contribution in [1.29, 1.82) is 0 Å². The van der Waals surface area contributed by atoms with Crippen LogP contribution in [-0.4, -0.2) is 19.0 Å². The highest BCUT2D eigenvalue weighted by Gasteiger charge is 2.49. The van der Waals surface area contributed by atoms with E-state index in [1.807, 2.05) is 0 Å². The minimum atomic E-state index is -5.66. The first-order valence-electron chi connectivity index (χ1n) is 7.55. The first-order valence-corrected chi connectivity index (χ1v) is 9.04. The Hall–Kier alpha value is -2.64. The number of sulfone groups is 1. The minimum absolute atomic E-state index is 0.01000. The average Bonchev–Trinajstić information content (AvgIpc) is 2.96. The van der Waals surface area contributed by atoms with Crippen molar-refractivity contribution in [3.8, 4) is 11.5 Å². The summed E-state index contributed by atoms with van der Waals surface area (Å²) < 4.78 is 81.4. The summed E-state index contributed by atoms with van der Waals surface area (Å²) in [7, 11) is -5.66. The summed E-state index contributed by atoms with van der Waals surface area (Å²) in [4.78, 5) is 2.05. The fourth-order valence-corrected chi connectivity index (χ4v) is 3.97. The molecule has 2 aromatic rings. The Balaban J connectivity index is 2.11. The quantitative estimate of drug-likeness (QED) is 0.610. The molecule has 1 atom stereocenters. The smallest absolute Gasteiger partial charge is 0.458 e.